The number of fused-ring (bicyclic) bond motifs is 1. The molecule has 2 aromatic heterocycles. The Morgan fingerprint density at radius 1 is 1.38 bits per heavy atom. The summed E-state index contributed by atoms with van der Waals surface area (Å²) in [6.07, 6.45) is 3.28. The van der Waals surface area contributed by atoms with Crippen LogP contribution in [0.3, 0.4) is 0 Å². The highest BCUT2D eigenvalue weighted by Crippen LogP contribution is 2.24. The van der Waals surface area contributed by atoms with Gasteiger partial charge in [-0.25, -0.2) is 14.8 Å². The third-order valence-corrected chi connectivity index (χ3v) is 3.49. The van der Waals surface area contributed by atoms with Crippen molar-refractivity contribution in [3.8, 4) is 0 Å². The fraction of sp³-hybridized carbons (Fsp3) is 0.462. The second-order valence-corrected chi connectivity index (χ2v) is 5.28. The highest BCUT2D eigenvalue weighted by atomic mass is 16.4. The molecule has 0 bridgehead atoms. The van der Waals surface area contributed by atoms with Gasteiger partial charge in [-0.1, -0.05) is 13.8 Å². The van der Waals surface area contributed by atoms with E-state index >= 15 is 0 Å². The van der Waals surface area contributed by atoms with Crippen LogP contribution in [0.15, 0.2) is 12.5 Å². The van der Waals surface area contributed by atoms with E-state index in [2.05, 4.69) is 20.2 Å². The quantitative estimate of drug-likeness (QED) is 0.896. The molecule has 1 N–H and O–H groups in total. The second kappa shape index (κ2) is 5.12. The van der Waals surface area contributed by atoms with Crippen LogP contribution < -0.4 is 4.90 Å². The van der Waals surface area contributed by atoms with Crippen molar-refractivity contribution >= 4 is 11.7 Å². The Kier molecular flexibility index (Phi) is 3.28. The molecule has 0 amide bonds. The average Bonchev–Trinajstić information content (AvgIpc) is 2.93. The Balaban J connectivity index is 1.97. The van der Waals surface area contributed by atoms with Gasteiger partial charge in [0, 0.05) is 19.0 Å². The van der Waals surface area contributed by atoms with Crippen molar-refractivity contribution in [2.24, 2.45) is 0 Å². The van der Waals surface area contributed by atoms with E-state index in [1.54, 1.807) is 12.5 Å². The Hall–Kier alpha value is -2.51. The third kappa shape index (κ3) is 2.44. The maximum atomic E-state index is 11.5. The largest absolute Gasteiger partial charge is 0.476 e. The summed E-state index contributed by atoms with van der Waals surface area (Å²) >= 11 is 0. The van der Waals surface area contributed by atoms with E-state index in [-0.39, 0.29) is 11.6 Å². The molecule has 0 saturated carbocycles. The molecule has 21 heavy (non-hydrogen) atoms. The topological polar surface area (TPSA) is 97.0 Å². The van der Waals surface area contributed by atoms with Crippen molar-refractivity contribution in [2.45, 2.75) is 32.9 Å². The highest BCUT2D eigenvalue weighted by molar-refractivity contribution is 5.92. The normalized spacial score (nSPS) is 14.3. The van der Waals surface area contributed by atoms with Crippen molar-refractivity contribution < 1.29 is 9.90 Å². The lowest BCUT2D eigenvalue weighted by Gasteiger charge is -2.29. The van der Waals surface area contributed by atoms with Crippen molar-refractivity contribution in [2.75, 3.05) is 11.4 Å². The number of hydrogen-bond donors (Lipinski definition) is 1. The molecule has 1 aliphatic heterocycles. The number of aromatic carboxylic acids is 1. The van der Waals surface area contributed by atoms with E-state index in [0.29, 0.717) is 31.1 Å². The van der Waals surface area contributed by atoms with Crippen LogP contribution in [0, 0.1) is 0 Å². The maximum Gasteiger partial charge on any atom is 0.356 e. The van der Waals surface area contributed by atoms with Crippen LogP contribution in [0.4, 0.5) is 5.69 Å². The van der Waals surface area contributed by atoms with E-state index in [1.165, 1.54) is 0 Å². The fourth-order valence-corrected chi connectivity index (χ4v) is 2.33. The molecule has 0 unspecified atom stereocenters. The van der Waals surface area contributed by atoms with Gasteiger partial charge in [-0.05, 0) is 0 Å². The fourth-order valence-electron chi connectivity index (χ4n) is 2.33. The van der Waals surface area contributed by atoms with Gasteiger partial charge in [0.05, 0.1) is 18.4 Å². The molecule has 0 atom stereocenters. The molecular formula is C13H16N6O2. The van der Waals surface area contributed by atoms with Gasteiger partial charge < -0.3 is 14.6 Å². The first-order valence-electron chi connectivity index (χ1n) is 6.78. The molecule has 0 saturated heterocycles. The van der Waals surface area contributed by atoms with E-state index in [9.17, 15) is 9.90 Å². The molecule has 0 spiro atoms. The van der Waals surface area contributed by atoms with Gasteiger partial charge in [-0.2, -0.15) is 0 Å². The van der Waals surface area contributed by atoms with Crippen LogP contribution >= 0.6 is 0 Å². The zero-order valence-corrected chi connectivity index (χ0v) is 11.9. The lowest BCUT2D eigenvalue weighted by molar-refractivity contribution is 0.0690. The molecule has 0 radical (unpaired) electrons. The molecule has 0 aromatic carbocycles. The number of carboxylic acid groups (broad SMARTS) is 1. The smallest absolute Gasteiger partial charge is 0.356 e. The van der Waals surface area contributed by atoms with Crippen LogP contribution in [0.5, 0.6) is 0 Å². The molecule has 3 heterocycles. The number of rotatable bonds is 3. The first kappa shape index (κ1) is 13.5. The van der Waals surface area contributed by atoms with Gasteiger partial charge in [0.15, 0.2) is 11.5 Å². The number of nitrogens with zero attached hydrogens (tertiary/aromatic N) is 6. The van der Waals surface area contributed by atoms with Crippen molar-refractivity contribution in [3.05, 3.63) is 29.9 Å². The summed E-state index contributed by atoms with van der Waals surface area (Å²) in [5.74, 6) is 0.393. The minimum atomic E-state index is -1.04. The average molecular weight is 288 g/mol. The molecule has 1 aliphatic rings. The first-order valence-corrected chi connectivity index (χ1v) is 6.78. The van der Waals surface area contributed by atoms with Crippen LogP contribution in [0.2, 0.25) is 0 Å². The highest BCUT2D eigenvalue weighted by Gasteiger charge is 2.24. The van der Waals surface area contributed by atoms with Crippen molar-refractivity contribution in [3.63, 3.8) is 0 Å². The maximum absolute atomic E-state index is 11.5. The summed E-state index contributed by atoms with van der Waals surface area (Å²) in [6.45, 7) is 5.77. The standard InChI is InChI=1S/C13H16N6O2/c1-8(2)12-14-5-9(11(16-12)13(20)21)18-3-4-19-7-15-17-10(19)6-18/h5,7-8H,3-4,6H2,1-2H3,(H,20,21). The van der Waals surface area contributed by atoms with Crippen molar-refractivity contribution in [1.82, 2.24) is 24.7 Å². The molecule has 3 rings (SSSR count). The van der Waals surface area contributed by atoms with Gasteiger partial charge in [-0.15, -0.1) is 10.2 Å². The molecule has 110 valence electrons. The Bertz CT molecular complexity index is 681. The van der Waals surface area contributed by atoms with E-state index in [0.717, 1.165) is 5.82 Å². The summed E-state index contributed by atoms with van der Waals surface area (Å²) in [5.41, 5.74) is 0.572. The van der Waals surface area contributed by atoms with Gasteiger partial charge in [0.1, 0.15) is 12.2 Å². The number of hydrogen-bond acceptors (Lipinski definition) is 6. The van der Waals surface area contributed by atoms with Crippen LogP contribution in [-0.2, 0) is 13.1 Å². The number of aromatic nitrogens is 5. The monoisotopic (exact) mass is 288 g/mol. The lowest BCUT2D eigenvalue weighted by atomic mass is 10.2. The zero-order valence-electron chi connectivity index (χ0n) is 11.9. The minimum Gasteiger partial charge on any atom is -0.476 e. The van der Waals surface area contributed by atoms with E-state index in [1.807, 2.05) is 23.3 Å². The van der Waals surface area contributed by atoms with E-state index in [4.69, 9.17) is 0 Å². The summed E-state index contributed by atoms with van der Waals surface area (Å²) in [4.78, 5) is 21.9. The molecule has 2 aromatic rings. The zero-order chi connectivity index (χ0) is 15.0. The number of carboxylic acids is 1. The van der Waals surface area contributed by atoms with Crippen LogP contribution in [-0.4, -0.2) is 42.4 Å². The predicted molar refractivity (Wildman–Crippen MR) is 74.2 cm³/mol. The first-order chi connectivity index (χ1) is 10.1. The summed E-state index contributed by atoms with van der Waals surface area (Å²) < 4.78 is 1.96. The minimum absolute atomic E-state index is 0.0432. The molecular weight excluding hydrogens is 272 g/mol. The third-order valence-electron chi connectivity index (χ3n) is 3.49. The molecule has 8 heteroatoms. The second-order valence-electron chi connectivity index (χ2n) is 5.28. The van der Waals surface area contributed by atoms with Gasteiger partial charge in [0.25, 0.3) is 0 Å². The Morgan fingerprint density at radius 2 is 2.19 bits per heavy atom. The molecule has 0 fully saturated rings. The summed E-state index contributed by atoms with van der Waals surface area (Å²) in [6, 6.07) is 0. The molecule has 8 nitrogen and oxygen atoms in total. The van der Waals surface area contributed by atoms with Crippen molar-refractivity contribution in [1.29, 1.82) is 0 Å². The SMILES string of the molecule is CC(C)c1ncc(N2CCn3cnnc3C2)c(C(=O)O)n1. The summed E-state index contributed by atoms with van der Waals surface area (Å²) in [5, 5.41) is 17.3. The number of anilines is 1. The van der Waals surface area contributed by atoms with Gasteiger partial charge in [-0.3, -0.25) is 0 Å². The predicted octanol–water partition coefficient (Wildman–Crippen LogP) is 0.910. The van der Waals surface area contributed by atoms with E-state index < -0.39 is 5.97 Å². The summed E-state index contributed by atoms with van der Waals surface area (Å²) in [7, 11) is 0. The lowest BCUT2D eigenvalue weighted by Crippen LogP contribution is -2.35. The van der Waals surface area contributed by atoms with Crippen LogP contribution in [0.25, 0.3) is 0 Å². The molecule has 0 aliphatic carbocycles. The Morgan fingerprint density at radius 3 is 2.90 bits per heavy atom. The number of carbonyl (C=O) groups is 1. The Labute approximate surface area is 121 Å². The van der Waals surface area contributed by atoms with Gasteiger partial charge in [0.2, 0.25) is 0 Å². The van der Waals surface area contributed by atoms with Crippen LogP contribution in [0.1, 0.15) is 41.9 Å². The van der Waals surface area contributed by atoms with Gasteiger partial charge >= 0.3 is 5.97 Å².